The van der Waals surface area contributed by atoms with Gasteiger partial charge in [0, 0.05) is 18.0 Å². The third-order valence-electron chi connectivity index (χ3n) is 4.03. The Hall–Kier alpha value is -0.120. The van der Waals surface area contributed by atoms with Gasteiger partial charge in [0.2, 0.25) is 0 Å². The average Bonchev–Trinajstić information content (AvgIpc) is 2.40. The van der Waals surface area contributed by atoms with E-state index >= 15 is 0 Å². The minimum absolute atomic E-state index is 0.00494. The molecule has 1 fully saturated rings. The molecule has 1 aliphatic rings. The van der Waals surface area contributed by atoms with Gasteiger partial charge in [-0.05, 0) is 46.3 Å². The fourth-order valence-electron chi connectivity index (χ4n) is 2.96. The van der Waals surface area contributed by atoms with Gasteiger partial charge < -0.3 is 5.32 Å². The van der Waals surface area contributed by atoms with Crippen LogP contribution in [0.5, 0.6) is 0 Å². The second kappa shape index (κ2) is 6.55. The number of halogens is 3. The van der Waals surface area contributed by atoms with E-state index < -0.39 is 0 Å². The van der Waals surface area contributed by atoms with Crippen molar-refractivity contribution in [1.82, 2.24) is 5.32 Å². The summed E-state index contributed by atoms with van der Waals surface area (Å²) in [6, 6.07) is 5.15. The Morgan fingerprint density at radius 3 is 3.00 bits per heavy atom. The molecule has 1 aromatic carbocycles. The summed E-state index contributed by atoms with van der Waals surface area (Å²) in [5.74, 6) is 1.11. The number of hydrogen-bond acceptors (Lipinski definition) is 1. The van der Waals surface area contributed by atoms with E-state index in [0.717, 1.165) is 18.4 Å². The van der Waals surface area contributed by atoms with Crippen LogP contribution in [-0.2, 0) is 6.54 Å². The Morgan fingerprint density at radius 2 is 2.32 bits per heavy atom. The molecule has 0 radical (unpaired) electrons. The molecule has 1 N–H and O–H groups in total. The van der Waals surface area contributed by atoms with E-state index in [9.17, 15) is 4.39 Å². The fourth-order valence-corrected chi connectivity index (χ4v) is 3.70. The van der Waals surface area contributed by atoms with Gasteiger partial charge in [-0.15, -0.1) is 11.6 Å². The number of benzene rings is 1. The molecule has 0 bridgehead atoms. The number of hydrogen-bond donors (Lipinski definition) is 1. The van der Waals surface area contributed by atoms with Crippen LogP contribution in [0.3, 0.4) is 0 Å². The van der Waals surface area contributed by atoms with E-state index in [-0.39, 0.29) is 11.4 Å². The van der Waals surface area contributed by atoms with Gasteiger partial charge in [-0.1, -0.05) is 31.9 Å². The number of nitrogens with one attached hydrogen (secondary N) is 1. The van der Waals surface area contributed by atoms with Crippen LogP contribution in [0.1, 0.15) is 38.2 Å². The summed E-state index contributed by atoms with van der Waals surface area (Å²) >= 11 is 9.50. The first-order valence-electron chi connectivity index (χ1n) is 6.80. The monoisotopic (exact) mass is 347 g/mol. The number of alkyl halides is 1. The maximum absolute atomic E-state index is 13.5. The van der Waals surface area contributed by atoms with Crippen molar-refractivity contribution >= 4 is 27.5 Å². The van der Waals surface area contributed by atoms with Crippen LogP contribution < -0.4 is 5.32 Å². The van der Waals surface area contributed by atoms with E-state index in [0.29, 0.717) is 22.8 Å². The zero-order valence-electron chi connectivity index (χ0n) is 11.2. The summed E-state index contributed by atoms with van der Waals surface area (Å²) in [5.41, 5.74) is 0.952. The van der Waals surface area contributed by atoms with Crippen LogP contribution in [0.15, 0.2) is 22.7 Å². The van der Waals surface area contributed by atoms with Crippen molar-refractivity contribution < 1.29 is 4.39 Å². The smallest absolute Gasteiger partial charge is 0.137 e. The normalized spacial score (nSPS) is 27.5. The van der Waals surface area contributed by atoms with E-state index in [1.54, 1.807) is 6.07 Å². The Labute approximate surface area is 128 Å². The second-order valence-electron chi connectivity index (χ2n) is 5.68. The molecule has 1 aromatic rings. The zero-order valence-corrected chi connectivity index (χ0v) is 13.5. The SMILES string of the molecule is CC1CCCC(CCl)(NCc2cccc(F)c2Br)C1. The molecule has 0 saturated heterocycles. The zero-order chi connectivity index (χ0) is 13.9. The van der Waals surface area contributed by atoms with Crippen molar-refractivity contribution in [1.29, 1.82) is 0 Å². The van der Waals surface area contributed by atoms with E-state index in [4.69, 9.17) is 11.6 Å². The highest BCUT2D eigenvalue weighted by Crippen LogP contribution is 2.33. The Morgan fingerprint density at radius 1 is 1.53 bits per heavy atom. The van der Waals surface area contributed by atoms with Crippen LogP contribution >= 0.6 is 27.5 Å². The van der Waals surface area contributed by atoms with Crippen molar-refractivity contribution in [2.24, 2.45) is 5.92 Å². The summed E-state index contributed by atoms with van der Waals surface area (Å²) in [6.45, 7) is 2.93. The molecule has 0 heterocycles. The molecule has 19 heavy (non-hydrogen) atoms. The molecular weight excluding hydrogens is 329 g/mol. The van der Waals surface area contributed by atoms with Gasteiger partial charge in [-0.3, -0.25) is 0 Å². The Balaban J connectivity index is 2.05. The molecule has 0 aliphatic heterocycles. The van der Waals surface area contributed by atoms with Crippen molar-refractivity contribution in [2.75, 3.05) is 5.88 Å². The Kier molecular flexibility index (Phi) is 5.27. The molecule has 2 rings (SSSR count). The van der Waals surface area contributed by atoms with E-state index in [2.05, 4.69) is 28.2 Å². The lowest BCUT2D eigenvalue weighted by atomic mass is 9.77. The van der Waals surface area contributed by atoms with Crippen molar-refractivity contribution in [3.8, 4) is 0 Å². The highest BCUT2D eigenvalue weighted by Gasteiger charge is 2.33. The topological polar surface area (TPSA) is 12.0 Å². The predicted octanol–water partition coefficient (Wildman–Crippen LogP) is 4.87. The molecule has 4 heteroatoms. The largest absolute Gasteiger partial charge is 0.306 e. The highest BCUT2D eigenvalue weighted by atomic mass is 79.9. The molecule has 1 aliphatic carbocycles. The van der Waals surface area contributed by atoms with Crippen LogP contribution in [-0.4, -0.2) is 11.4 Å². The molecular formula is C15H20BrClFN. The van der Waals surface area contributed by atoms with Crippen molar-refractivity contribution in [3.63, 3.8) is 0 Å². The third-order valence-corrected chi connectivity index (χ3v) is 5.43. The van der Waals surface area contributed by atoms with Gasteiger partial charge in [-0.25, -0.2) is 4.39 Å². The van der Waals surface area contributed by atoms with Gasteiger partial charge in [0.25, 0.3) is 0 Å². The van der Waals surface area contributed by atoms with Gasteiger partial charge in [0.1, 0.15) is 5.82 Å². The standard InChI is InChI=1S/C15H20BrClFN/c1-11-4-3-7-15(8-11,10-17)19-9-12-5-2-6-13(18)14(12)16/h2,5-6,11,19H,3-4,7-10H2,1H3. The lowest BCUT2D eigenvalue weighted by molar-refractivity contribution is 0.207. The summed E-state index contributed by atoms with van der Waals surface area (Å²) in [7, 11) is 0. The summed E-state index contributed by atoms with van der Waals surface area (Å²) in [6.07, 6.45) is 4.70. The van der Waals surface area contributed by atoms with Gasteiger partial charge in [0.15, 0.2) is 0 Å². The minimum Gasteiger partial charge on any atom is -0.306 e. The van der Waals surface area contributed by atoms with E-state index in [1.165, 1.54) is 18.9 Å². The lowest BCUT2D eigenvalue weighted by Gasteiger charge is -2.39. The highest BCUT2D eigenvalue weighted by molar-refractivity contribution is 9.10. The second-order valence-corrected chi connectivity index (χ2v) is 6.74. The first-order chi connectivity index (χ1) is 9.06. The quantitative estimate of drug-likeness (QED) is 0.766. The first kappa shape index (κ1) is 15.3. The van der Waals surface area contributed by atoms with Crippen molar-refractivity contribution in [2.45, 2.75) is 44.7 Å². The molecule has 0 spiro atoms. The molecule has 1 nitrogen and oxygen atoms in total. The number of rotatable bonds is 4. The molecule has 0 aromatic heterocycles. The Bertz CT molecular complexity index is 440. The molecule has 0 amide bonds. The average molecular weight is 349 g/mol. The van der Waals surface area contributed by atoms with Gasteiger partial charge in [-0.2, -0.15) is 0 Å². The summed E-state index contributed by atoms with van der Waals surface area (Å²) in [5, 5.41) is 3.57. The molecule has 1 saturated carbocycles. The van der Waals surface area contributed by atoms with Crippen molar-refractivity contribution in [3.05, 3.63) is 34.1 Å². The fraction of sp³-hybridized carbons (Fsp3) is 0.600. The van der Waals surface area contributed by atoms with Crippen LogP contribution in [0.2, 0.25) is 0 Å². The molecule has 2 atom stereocenters. The summed E-state index contributed by atoms with van der Waals surface area (Å²) in [4.78, 5) is 0. The maximum atomic E-state index is 13.5. The van der Waals surface area contributed by atoms with Crippen LogP contribution in [0.25, 0.3) is 0 Å². The first-order valence-corrected chi connectivity index (χ1v) is 8.13. The summed E-state index contributed by atoms with van der Waals surface area (Å²) < 4.78 is 14.0. The van der Waals surface area contributed by atoms with Crippen LogP contribution in [0.4, 0.5) is 4.39 Å². The van der Waals surface area contributed by atoms with E-state index in [1.807, 2.05) is 6.07 Å². The third kappa shape index (κ3) is 3.71. The molecule has 2 unspecified atom stereocenters. The van der Waals surface area contributed by atoms with Crippen LogP contribution in [0, 0.1) is 11.7 Å². The van der Waals surface area contributed by atoms with Gasteiger partial charge >= 0.3 is 0 Å². The predicted molar refractivity (Wildman–Crippen MR) is 82.0 cm³/mol. The lowest BCUT2D eigenvalue weighted by Crippen LogP contribution is -2.49. The minimum atomic E-state index is -0.212. The maximum Gasteiger partial charge on any atom is 0.137 e. The molecule has 106 valence electrons. The van der Waals surface area contributed by atoms with Gasteiger partial charge in [0.05, 0.1) is 4.47 Å².